The van der Waals surface area contributed by atoms with E-state index >= 15 is 0 Å². The van der Waals surface area contributed by atoms with E-state index in [1.54, 1.807) is 0 Å². The van der Waals surface area contributed by atoms with Crippen LogP contribution in [-0.2, 0) is 4.43 Å². The maximum Gasteiger partial charge on any atom is 0.493 e. The maximum absolute atomic E-state index is 5.66. The van der Waals surface area contributed by atoms with Crippen molar-refractivity contribution in [2.45, 2.75) is 122 Å². The Kier molecular flexibility index (Phi) is 20.6. The van der Waals surface area contributed by atoms with Crippen LogP contribution in [0.5, 0.6) is 0 Å². The molecule has 0 rings (SSSR count). The standard InChI is InChI=1S/C20H41Cl3OSi/c1-2-3-4-5-6-7-8-9-10-11-12-13-14-15-16-17-18-19-20-24-25(21,22)23/h2-20H2,1H3. The van der Waals surface area contributed by atoms with Crippen LogP contribution in [0.4, 0.5) is 0 Å². The van der Waals surface area contributed by atoms with Crippen LogP contribution in [0, 0.1) is 0 Å². The lowest BCUT2D eigenvalue weighted by atomic mass is 10.0. The molecule has 0 unspecified atom stereocenters. The van der Waals surface area contributed by atoms with Crippen molar-refractivity contribution in [2.24, 2.45) is 0 Å². The van der Waals surface area contributed by atoms with Crippen LogP contribution in [-0.4, -0.2) is 12.9 Å². The van der Waals surface area contributed by atoms with Gasteiger partial charge < -0.3 is 4.43 Å². The molecule has 0 spiro atoms. The zero-order chi connectivity index (χ0) is 18.6. The third-order valence-electron chi connectivity index (χ3n) is 4.76. The Morgan fingerprint density at radius 2 is 0.760 bits per heavy atom. The molecule has 0 saturated heterocycles. The molecular weight excluding hydrogens is 391 g/mol. The van der Waals surface area contributed by atoms with Gasteiger partial charge in [0.1, 0.15) is 0 Å². The quantitative estimate of drug-likeness (QED) is 0.106. The van der Waals surface area contributed by atoms with Crippen LogP contribution >= 0.6 is 33.2 Å². The van der Waals surface area contributed by atoms with Crippen LogP contribution < -0.4 is 0 Å². The van der Waals surface area contributed by atoms with Crippen LogP contribution in [0.2, 0.25) is 0 Å². The van der Waals surface area contributed by atoms with Gasteiger partial charge in [0.15, 0.2) is 0 Å². The van der Waals surface area contributed by atoms with Gasteiger partial charge in [-0.25, -0.2) is 0 Å². The largest absolute Gasteiger partial charge is 0.493 e. The van der Waals surface area contributed by atoms with E-state index in [0.29, 0.717) is 6.61 Å². The van der Waals surface area contributed by atoms with Gasteiger partial charge in [-0.3, -0.25) is 0 Å². The molecule has 0 aliphatic heterocycles. The van der Waals surface area contributed by atoms with Gasteiger partial charge in [0.2, 0.25) is 0 Å². The molecule has 0 fully saturated rings. The zero-order valence-corrected chi connectivity index (χ0v) is 19.7. The maximum atomic E-state index is 5.66. The lowest BCUT2D eigenvalue weighted by Gasteiger charge is -2.08. The Morgan fingerprint density at radius 1 is 0.480 bits per heavy atom. The molecule has 0 N–H and O–H groups in total. The lowest BCUT2D eigenvalue weighted by Crippen LogP contribution is -2.16. The molecule has 0 radical (unpaired) electrons. The summed E-state index contributed by atoms with van der Waals surface area (Å²) in [6, 6.07) is 0. The Bertz CT molecular complexity index is 260. The Hall–Kier alpha value is 1.05. The van der Waals surface area contributed by atoms with E-state index in [1.165, 1.54) is 109 Å². The van der Waals surface area contributed by atoms with Gasteiger partial charge in [0, 0.05) is 6.61 Å². The fourth-order valence-electron chi connectivity index (χ4n) is 3.19. The second kappa shape index (κ2) is 19.8. The van der Waals surface area contributed by atoms with Crippen molar-refractivity contribution in [1.29, 1.82) is 0 Å². The van der Waals surface area contributed by atoms with E-state index in [9.17, 15) is 0 Å². The van der Waals surface area contributed by atoms with Gasteiger partial charge in [0.05, 0.1) is 0 Å². The van der Waals surface area contributed by atoms with Crippen molar-refractivity contribution in [3.63, 3.8) is 0 Å². The van der Waals surface area contributed by atoms with Gasteiger partial charge in [-0.1, -0.05) is 149 Å². The van der Waals surface area contributed by atoms with E-state index in [1.807, 2.05) is 0 Å². The van der Waals surface area contributed by atoms with Gasteiger partial charge >= 0.3 is 6.25 Å². The third-order valence-corrected chi connectivity index (χ3v) is 6.28. The van der Waals surface area contributed by atoms with Gasteiger partial charge in [-0.05, 0) is 6.42 Å². The molecule has 152 valence electrons. The summed E-state index contributed by atoms with van der Waals surface area (Å²) >= 11 is 17.0. The summed E-state index contributed by atoms with van der Waals surface area (Å²) in [5, 5.41) is 0. The molecule has 0 bridgehead atoms. The molecule has 0 heterocycles. The zero-order valence-electron chi connectivity index (χ0n) is 16.5. The smallest absolute Gasteiger partial charge is 0.381 e. The highest BCUT2D eigenvalue weighted by Crippen LogP contribution is 2.21. The first-order valence-corrected chi connectivity index (χ1v) is 15.7. The van der Waals surface area contributed by atoms with Crippen molar-refractivity contribution in [1.82, 2.24) is 0 Å². The Labute approximate surface area is 172 Å². The molecule has 0 atom stereocenters. The minimum Gasteiger partial charge on any atom is -0.381 e. The van der Waals surface area contributed by atoms with Crippen LogP contribution in [0.1, 0.15) is 122 Å². The molecule has 0 aromatic heterocycles. The number of hydrogen-bond acceptors (Lipinski definition) is 1. The summed E-state index contributed by atoms with van der Waals surface area (Å²) in [7, 11) is 0. The molecule has 25 heavy (non-hydrogen) atoms. The monoisotopic (exact) mass is 430 g/mol. The number of rotatable bonds is 20. The van der Waals surface area contributed by atoms with Gasteiger partial charge in [-0.15, -0.1) is 0 Å². The fraction of sp³-hybridized carbons (Fsp3) is 1.00. The normalized spacial score (nSPS) is 12.0. The number of halogens is 3. The lowest BCUT2D eigenvalue weighted by molar-refractivity contribution is 0.320. The second-order valence-corrected chi connectivity index (χ2v) is 15.0. The van der Waals surface area contributed by atoms with E-state index < -0.39 is 6.25 Å². The minimum absolute atomic E-state index is 0.599. The second-order valence-electron chi connectivity index (χ2n) is 7.30. The van der Waals surface area contributed by atoms with E-state index in [2.05, 4.69) is 6.92 Å². The third kappa shape index (κ3) is 25.0. The predicted octanol–water partition coefficient (Wildman–Crippen LogP) is 9.20. The molecule has 0 aliphatic rings. The van der Waals surface area contributed by atoms with Crippen LogP contribution in [0.15, 0.2) is 0 Å². The van der Waals surface area contributed by atoms with E-state index in [-0.39, 0.29) is 0 Å². The van der Waals surface area contributed by atoms with Crippen molar-refractivity contribution < 1.29 is 4.43 Å². The van der Waals surface area contributed by atoms with Gasteiger partial charge in [0.25, 0.3) is 0 Å². The van der Waals surface area contributed by atoms with Crippen molar-refractivity contribution >= 4 is 39.5 Å². The molecule has 1 nitrogen and oxygen atoms in total. The first-order chi connectivity index (χ1) is 12.1. The molecular formula is C20H41Cl3OSi. The molecule has 0 saturated carbocycles. The summed E-state index contributed by atoms with van der Waals surface area (Å²) in [5.74, 6) is 0. The van der Waals surface area contributed by atoms with Gasteiger partial charge in [-0.2, -0.15) is 0 Å². The molecule has 0 amide bonds. The summed E-state index contributed by atoms with van der Waals surface area (Å²) in [6.45, 7) is 2.88. The van der Waals surface area contributed by atoms with E-state index in [4.69, 9.17) is 37.7 Å². The summed E-state index contributed by atoms with van der Waals surface area (Å²) in [4.78, 5) is 0. The molecule has 0 aliphatic carbocycles. The fourth-order valence-corrected chi connectivity index (χ4v) is 4.26. The average Bonchev–Trinajstić information content (AvgIpc) is 2.56. The Morgan fingerprint density at radius 3 is 1.04 bits per heavy atom. The van der Waals surface area contributed by atoms with E-state index in [0.717, 1.165) is 6.42 Å². The highest BCUT2D eigenvalue weighted by molar-refractivity contribution is 7.62. The SMILES string of the molecule is CCCCCCCCCCCCCCCCCCCCO[Si](Cl)(Cl)Cl. The van der Waals surface area contributed by atoms with Crippen LogP contribution in [0.25, 0.3) is 0 Å². The van der Waals surface area contributed by atoms with Crippen LogP contribution in [0.3, 0.4) is 0 Å². The first kappa shape index (κ1) is 26.0. The minimum atomic E-state index is -2.85. The first-order valence-electron chi connectivity index (χ1n) is 10.8. The predicted molar refractivity (Wildman–Crippen MR) is 118 cm³/mol. The summed E-state index contributed by atoms with van der Waals surface area (Å²) < 4.78 is 5.19. The van der Waals surface area contributed by atoms with Crippen molar-refractivity contribution in [3.05, 3.63) is 0 Å². The summed E-state index contributed by atoms with van der Waals surface area (Å²) in [5.41, 5.74) is 0. The average molecular weight is 432 g/mol. The van der Waals surface area contributed by atoms with Crippen molar-refractivity contribution in [2.75, 3.05) is 6.61 Å². The molecule has 0 aromatic carbocycles. The number of hydrogen-bond donors (Lipinski definition) is 0. The molecule has 0 aromatic rings. The molecule has 5 heteroatoms. The number of unbranched alkanes of at least 4 members (excludes halogenated alkanes) is 17. The topological polar surface area (TPSA) is 9.23 Å². The van der Waals surface area contributed by atoms with Crippen molar-refractivity contribution in [3.8, 4) is 0 Å². The highest BCUT2D eigenvalue weighted by atomic mass is 35.8. The summed E-state index contributed by atoms with van der Waals surface area (Å²) in [6.07, 6.45) is 22.0. The highest BCUT2D eigenvalue weighted by Gasteiger charge is 2.26. The Balaban J connectivity index is 3.01.